The first kappa shape index (κ1) is 27.6. The second kappa shape index (κ2) is 12.7. The van der Waals surface area contributed by atoms with Crippen LogP contribution in [0.5, 0.6) is 0 Å². The fourth-order valence-electron chi connectivity index (χ4n) is 3.66. The molecule has 0 spiro atoms. The summed E-state index contributed by atoms with van der Waals surface area (Å²) in [5, 5.41) is 9.39. The van der Waals surface area contributed by atoms with Gasteiger partial charge in [-0.15, -0.1) is 24.0 Å². The maximum atomic E-state index is 12.6. The Hall–Kier alpha value is -2.62. The number of nitrogens with one attached hydrogen (secondary N) is 3. The highest BCUT2D eigenvalue weighted by Gasteiger charge is 2.22. The summed E-state index contributed by atoms with van der Waals surface area (Å²) in [6.07, 6.45) is 0.913. The van der Waals surface area contributed by atoms with Gasteiger partial charge < -0.3 is 20.9 Å². The van der Waals surface area contributed by atoms with Crippen LogP contribution in [-0.2, 0) is 23.2 Å². The minimum Gasteiger partial charge on any atom is -0.356 e. The van der Waals surface area contributed by atoms with Gasteiger partial charge in [-0.2, -0.15) is 0 Å². The van der Waals surface area contributed by atoms with Crippen molar-refractivity contribution >= 4 is 41.8 Å². The summed E-state index contributed by atoms with van der Waals surface area (Å²) in [5.74, 6) is 0.509. The molecule has 184 valence electrons. The number of rotatable bonds is 6. The number of guanidine groups is 1. The van der Waals surface area contributed by atoms with E-state index >= 15 is 0 Å². The van der Waals surface area contributed by atoms with E-state index in [0.29, 0.717) is 25.2 Å². The molecule has 0 saturated carbocycles. The van der Waals surface area contributed by atoms with Crippen LogP contribution in [0.4, 0.5) is 0 Å². The van der Waals surface area contributed by atoms with E-state index in [4.69, 9.17) is 0 Å². The Balaban J connectivity index is 0.00000408. The summed E-state index contributed by atoms with van der Waals surface area (Å²) in [4.78, 5) is 30.0. The first-order valence-electron chi connectivity index (χ1n) is 11.4. The summed E-state index contributed by atoms with van der Waals surface area (Å²) in [7, 11) is 1.75. The molecule has 2 aromatic rings. The van der Waals surface area contributed by atoms with Gasteiger partial charge in [-0.1, -0.05) is 57.2 Å². The smallest absolute Gasteiger partial charge is 0.254 e. The van der Waals surface area contributed by atoms with Crippen LogP contribution >= 0.6 is 24.0 Å². The number of halogens is 1. The molecule has 1 aliphatic heterocycles. The molecule has 3 rings (SSSR count). The third-order valence-electron chi connectivity index (χ3n) is 5.74. The van der Waals surface area contributed by atoms with E-state index in [-0.39, 0.29) is 47.8 Å². The standard InChI is InChI=1S/C26H35N5O2.HI/c1-26(2,3)22-11-7-19(8-12-22)13-14-29-25(27-4)30-17-20-5-9-21(10-6-20)24(33)31-16-15-28-23(32)18-31;/h5-12H,13-18H2,1-4H3,(H,28,32)(H2,27,29,30);1H. The van der Waals surface area contributed by atoms with Gasteiger partial charge in [0.1, 0.15) is 0 Å². The van der Waals surface area contributed by atoms with Gasteiger partial charge in [0.05, 0.1) is 6.54 Å². The van der Waals surface area contributed by atoms with E-state index in [9.17, 15) is 9.59 Å². The maximum absolute atomic E-state index is 12.6. The predicted octanol–water partition coefficient (Wildman–Crippen LogP) is 3.08. The fraction of sp³-hybridized carbons (Fsp3) is 0.423. The minimum absolute atomic E-state index is 0. The number of amides is 2. The van der Waals surface area contributed by atoms with Crippen LogP contribution in [0.1, 0.15) is 47.8 Å². The van der Waals surface area contributed by atoms with Crippen molar-refractivity contribution in [2.45, 2.75) is 39.2 Å². The summed E-state index contributed by atoms with van der Waals surface area (Å²) < 4.78 is 0. The number of piperazine rings is 1. The number of nitrogens with zero attached hydrogens (tertiary/aromatic N) is 2. The Bertz CT molecular complexity index is 982. The SMILES string of the molecule is CN=C(NCCc1ccc(C(C)(C)C)cc1)NCc1ccc(C(=O)N2CCNC(=O)C2)cc1.I. The lowest BCUT2D eigenvalue weighted by Gasteiger charge is -2.26. The summed E-state index contributed by atoms with van der Waals surface area (Å²) >= 11 is 0. The highest BCUT2D eigenvalue weighted by Crippen LogP contribution is 2.22. The molecule has 7 nitrogen and oxygen atoms in total. The Labute approximate surface area is 219 Å². The third-order valence-corrected chi connectivity index (χ3v) is 5.74. The van der Waals surface area contributed by atoms with Crippen LogP contribution in [0.25, 0.3) is 0 Å². The number of carbonyl (C=O) groups excluding carboxylic acids is 2. The molecule has 1 heterocycles. The van der Waals surface area contributed by atoms with Gasteiger partial charge in [-0.3, -0.25) is 14.6 Å². The van der Waals surface area contributed by atoms with Gasteiger partial charge in [0.2, 0.25) is 5.91 Å². The van der Waals surface area contributed by atoms with Gasteiger partial charge in [-0.25, -0.2) is 0 Å². The van der Waals surface area contributed by atoms with Crippen LogP contribution < -0.4 is 16.0 Å². The van der Waals surface area contributed by atoms with E-state index in [1.807, 2.05) is 24.3 Å². The van der Waals surface area contributed by atoms with E-state index in [2.05, 4.69) is 66.0 Å². The van der Waals surface area contributed by atoms with Crippen molar-refractivity contribution in [3.05, 3.63) is 70.8 Å². The minimum atomic E-state index is -0.115. The average Bonchev–Trinajstić information content (AvgIpc) is 2.81. The maximum Gasteiger partial charge on any atom is 0.254 e. The monoisotopic (exact) mass is 577 g/mol. The van der Waals surface area contributed by atoms with Crippen molar-refractivity contribution in [3.8, 4) is 0 Å². The molecule has 34 heavy (non-hydrogen) atoms. The molecule has 0 radical (unpaired) electrons. The highest BCUT2D eigenvalue weighted by molar-refractivity contribution is 14.0. The van der Waals surface area contributed by atoms with Crippen molar-refractivity contribution in [1.82, 2.24) is 20.9 Å². The van der Waals surface area contributed by atoms with Crippen molar-refractivity contribution < 1.29 is 9.59 Å². The van der Waals surface area contributed by atoms with Crippen LogP contribution in [0, 0.1) is 0 Å². The van der Waals surface area contributed by atoms with Crippen molar-refractivity contribution in [3.63, 3.8) is 0 Å². The normalized spacial score (nSPS) is 14.2. The topological polar surface area (TPSA) is 85.8 Å². The lowest BCUT2D eigenvalue weighted by molar-refractivity contribution is -0.123. The Kier molecular flexibility index (Phi) is 10.3. The Morgan fingerprint density at radius 2 is 1.68 bits per heavy atom. The molecule has 8 heteroatoms. The molecule has 1 aliphatic rings. The van der Waals surface area contributed by atoms with E-state index in [1.165, 1.54) is 11.1 Å². The van der Waals surface area contributed by atoms with Gasteiger partial charge in [-0.05, 0) is 40.7 Å². The summed E-state index contributed by atoms with van der Waals surface area (Å²) in [6.45, 7) is 9.20. The lowest BCUT2D eigenvalue weighted by atomic mass is 9.86. The van der Waals surface area contributed by atoms with Crippen molar-refractivity contribution in [2.24, 2.45) is 4.99 Å². The fourth-order valence-corrected chi connectivity index (χ4v) is 3.66. The molecule has 3 N–H and O–H groups in total. The number of hydrogen-bond acceptors (Lipinski definition) is 3. The second-order valence-corrected chi connectivity index (χ2v) is 9.32. The van der Waals surface area contributed by atoms with Gasteiger partial charge >= 0.3 is 0 Å². The zero-order chi connectivity index (χ0) is 23.8. The van der Waals surface area contributed by atoms with Crippen LogP contribution in [0.3, 0.4) is 0 Å². The predicted molar refractivity (Wildman–Crippen MR) is 148 cm³/mol. The molecule has 0 aliphatic carbocycles. The average molecular weight is 578 g/mol. The lowest BCUT2D eigenvalue weighted by Crippen LogP contribution is -2.49. The number of carbonyl (C=O) groups is 2. The molecule has 0 unspecified atom stereocenters. The molecule has 2 aromatic carbocycles. The van der Waals surface area contributed by atoms with E-state index < -0.39 is 0 Å². The summed E-state index contributed by atoms with van der Waals surface area (Å²) in [6, 6.07) is 16.3. The van der Waals surface area contributed by atoms with Crippen LogP contribution in [0.2, 0.25) is 0 Å². The van der Waals surface area contributed by atoms with Crippen molar-refractivity contribution in [1.29, 1.82) is 0 Å². The molecule has 0 bridgehead atoms. The van der Waals surface area contributed by atoms with Crippen molar-refractivity contribution in [2.75, 3.05) is 33.2 Å². The number of aliphatic imine (C=N–C) groups is 1. The molecule has 0 atom stereocenters. The molecule has 1 fully saturated rings. The number of hydrogen-bond donors (Lipinski definition) is 3. The van der Waals surface area contributed by atoms with Gasteiger partial charge in [0.15, 0.2) is 5.96 Å². The molecule has 2 amide bonds. The molecular weight excluding hydrogens is 541 g/mol. The quantitative estimate of drug-likeness (QED) is 0.280. The molecule has 1 saturated heterocycles. The van der Waals surface area contributed by atoms with Gasteiger partial charge in [0.25, 0.3) is 5.91 Å². The van der Waals surface area contributed by atoms with E-state index in [1.54, 1.807) is 11.9 Å². The van der Waals surface area contributed by atoms with Crippen LogP contribution in [0.15, 0.2) is 53.5 Å². The molecular formula is C26H36IN5O2. The van der Waals surface area contributed by atoms with Gasteiger partial charge in [0, 0.05) is 38.8 Å². The first-order valence-corrected chi connectivity index (χ1v) is 11.4. The van der Waals surface area contributed by atoms with Crippen LogP contribution in [-0.4, -0.2) is 55.9 Å². The second-order valence-electron chi connectivity index (χ2n) is 9.32. The zero-order valence-corrected chi connectivity index (χ0v) is 22.8. The van der Waals surface area contributed by atoms with E-state index in [0.717, 1.165) is 24.5 Å². The Morgan fingerprint density at radius 1 is 1.03 bits per heavy atom. The highest BCUT2D eigenvalue weighted by atomic mass is 127. The zero-order valence-electron chi connectivity index (χ0n) is 20.5. The Morgan fingerprint density at radius 3 is 2.26 bits per heavy atom. The number of benzene rings is 2. The largest absolute Gasteiger partial charge is 0.356 e. The third kappa shape index (κ3) is 8.00. The molecule has 0 aromatic heterocycles. The summed E-state index contributed by atoms with van der Waals surface area (Å²) in [5.41, 5.74) is 4.43. The first-order chi connectivity index (χ1) is 15.8.